The van der Waals surface area contributed by atoms with Crippen molar-refractivity contribution < 1.29 is 4.79 Å². The molecule has 0 aromatic carbocycles. The molecule has 1 amide bonds. The normalized spacial score (nSPS) is 14.2. The van der Waals surface area contributed by atoms with Crippen molar-refractivity contribution in [3.05, 3.63) is 11.6 Å². The quantitative estimate of drug-likeness (QED) is 0.638. The molecule has 0 bridgehead atoms. The lowest BCUT2D eigenvalue weighted by Crippen LogP contribution is -2.15. The van der Waals surface area contributed by atoms with E-state index in [0.717, 1.165) is 49.0 Å². The number of aryl methyl sites for hydroxylation is 1. The van der Waals surface area contributed by atoms with Crippen LogP contribution < -0.4 is 5.73 Å². The van der Waals surface area contributed by atoms with Gasteiger partial charge in [-0.1, -0.05) is 25.1 Å². The first-order valence-corrected chi connectivity index (χ1v) is 9.26. The SMILES string of the molecule is CCCCn1nnnc1CSc1nnc(C2CC2)n1CCC(N)=O. The van der Waals surface area contributed by atoms with E-state index in [4.69, 9.17) is 5.73 Å². The van der Waals surface area contributed by atoms with Crippen molar-refractivity contribution in [2.24, 2.45) is 5.73 Å². The number of tetrazole rings is 1. The fraction of sp³-hybridized carbons (Fsp3) is 0.714. The van der Waals surface area contributed by atoms with Gasteiger partial charge >= 0.3 is 0 Å². The molecule has 0 unspecified atom stereocenters. The Morgan fingerprint density at radius 2 is 2.12 bits per heavy atom. The van der Waals surface area contributed by atoms with Crippen LogP contribution in [0, 0.1) is 0 Å². The fourth-order valence-electron chi connectivity index (χ4n) is 2.42. The minimum Gasteiger partial charge on any atom is -0.370 e. The Bertz CT molecular complexity index is 693. The van der Waals surface area contributed by atoms with Gasteiger partial charge in [-0.3, -0.25) is 4.79 Å². The van der Waals surface area contributed by atoms with Crippen LogP contribution in [0.5, 0.6) is 0 Å². The van der Waals surface area contributed by atoms with Crippen molar-refractivity contribution in [3.63, 3.8) is 0 Å². The highest BCUT2D eigenvalue weighted by Crippen LogP contribution is 2.40. The molecule has 0 atom stereocenters. The van der Waals surface area contributed by atoms with Gasteiger partial charge in [-0.2, -0.15) is 0 Å². The van der Waals surface area contributed by atoms with Crippen molar-refractivity contribution in [1.82, 2.24) is 35.0 Å². The molecule has 0 spiro atoms. The first-order chi connectivity index (χ1) is 11.7. The van der Waals surface area contributed by atoms with E-state index in [1.165, 1.54) is 0 Å². The molecule has 2 aromatic rings. The third kappa shape index (κ3) is 4.11. The minimum absolute atomic E-state index is 0.291. The molecule has 1 saturated carbocycles. The highest BCUT2D eigenvalue weighted by Gasteiger charge is 2.30. The van der Waals surface area contributed by atoms with Crippen molar-refractivity contribution in [2.75, 3.05) is 0 Å². The maximum absolute atomic E-state index is 11.1. The van der Waals surface area contributed by atoms with Crippen molar-refractivity contribution >= 4 is 17.7 Å². The monoisotopic (exact) mass is 350 g/mol. The third-order valence-corrected chi connectivity index (χ3v) is 4.89. The van der Waals surface area contributed by atoms with Crippen LogP contribution in [0.2, 0.25) is 0 Å². The molecule has 1 aliphatic carbocycles. The number of nitrogens with two attached hydrogens (primary N) is 1. The summed E-state index contributed by atoms with van der Waals surface area (Å²) in [7, 11) is 0. The molecule has 2 aromatic heterocycles. The zero-order valence-electron chi connectivity index (χ0n) is 13.8. The molecule has 0 radical (unpaired) electrons. The largest absolute Gasteiger partial charge is 0.370 e. The predicted molar refractivity (Wildman–Crippen MR) is 88.1 cm³/mol. The minimum atomic E-state index is -0.315. The Labute approximate surface area is 144 Å². The average molecular weight is 350 g/mol. The van der Waals surface area contributed by atoms with E-state index < -0.39 is 0 Å². The van der Waals surface area contributed by atoms with Gasteiger partial charge in [-0.05, 0) is 29.7 Å². The summed E-state index contributed by atoms with van der Waals surface area (Å²) in [6.45, 7) is 3.48. The van der Waals surface area contributed by atoms with Crippen LogP contribution >= 0.6 is 11.8 Å². The Hall–Kier alpha value is -1.97. The molecule has 0 saturated heterocycles. The number of carbonyl (C=O) groups is 1. The first-order valence-electron chi connectivity index (χ1n) is 8.28. The number of amides is 1. The Kier molecular flexibility index (Phi) is 5.44. The van der Waals surface area contributed by atoms with Gasteiger partial charge in [0.15, 0.2) is 11.0 Å². The fourth-order valence-corrected chi connectivity index (χ4v) is 3.32. The number of primary amides is 1. The topological polar surface area (TPSA) is 117 Å². The van der Waals surface area contributed by atoms with Gasteiger partial charge in [0, 0.05) is 25.4 Å². The van der Waals surface area contributed by atoms with Gasteiger partial charge in [0.25, 0.3) is 0 Å². The second kappa shape index (κ2) is 7.73. The molecule has 0 aliphatic heterocycles. The number of hydrogen-bond acceptors (Lipinski definition) is 7. The van der Waals surface area contributed by atoms with Crippen molar-refractivity contribution in [1.29, 1.82) is 0 Å². The van der Waals surface area contributed by atoms with E-state index in [1.807, 2.05) is 9.25 Å². The highest BCUT2D eigenvalue weighted by atomic mass is 32.2. The van der Waals surface area contributed by atoms with Crippen LogP contribution in [-0.2, 0) is 23.6 Å². The number of thioether (sulfide) groups is 1. The second-order valence-corrected chi connectivity index (χ2v) is 6.89. The van der Waals surface area contributed by atoms with E-state index in [9.17, 15) is 4.79 Å². The lowest BCUT2D eigenvalue weighted by atomic mass is 10.3. The molecule has 130 valence electrons. The summed E-state index contributed by atoms with van der Waals surface area (Å²) in [5.74, 6) is 2.56. The van der Waals surface area contributed by atoms with Crippen LogP contribution in [0.25, 0.3) is 0 Å². The predicted octanol–water partition coefficient (Wildman–Crippen LogP) is 1.11. The van der Waals surface area contributed by atoms with Gasteiger partial charge in [0.05, 0.1) is 5.75 Å². The van der Waals surface area contributed by atoms with E-state index in [-0.39, 0.29) is 5.91 Å². The lowest BCUT2D eigenvalue weighted by molar-refractivity contribution is -0.118. The molecular formula is C14H22N8OS. The molecule has 3 rings (SSSR count). The molecule has 9 nitrogen and oxygen atoms in total. The van der Waals surface area contributed by atoms with E-state index in [0.29, 0.717) is 24.6 Å². The van der Waals surface area contributed by atoms with Crippen molar-refractivity contribution in [3.8, 4) is 0 Å². The Morgan fingerprint density at radius 3 is 2.83 bits per heavy atom. The third-order valence-electron chi connectivity index (χ3n) is 3.93. The summed E-state index contributed by atoms with van der Waals surface area (Å²) in [6, 6.07) is 0. The Morgan fingerprint density at radius 1 is 1.29 bits per heavy atom. The zero-order chi connectivity index (χ0) is 16.9. The highest BCUT2D eigenvalue weighted by molar-refractivity contribution is 7.98. The molecule has 1 fully saturated rings. The molecule has 2 N–H and O–H groups in total. The molecular weight excluding hydrogens is 328 g/mol. The first kappa shape index (κ1) is 16.9. The summed E-state index contributed by atoms with van der Waals surface area (Å²) in [5, 5.41) is 21.3. The average Bonchev–Trinajstić information content (AvgIpc) is 3.18. The number of unbranched alkanes of at least 4 members (excludes halogenated alkanes) is 1. The smallest absolute Gasteiger partial charge is 0.219 e. The van der Waals surface area contributed by atoms with Crippen LogP contribution in [0.4, 0.5) is 0 Å². The maximum atomic E-state index is 11.1. The van der Waals surface area contributed by atoms with Crippen LogP contribution in [0.15, 0.2) is 5.16 Å². The standard InChI is InChI=1S/C14H22N8OS/c1-2-3-7-22-12(16-19-20-22)9-24-14-18-17-13(10-4-5-10)21(14)8-6-11(15)23/h10H,2-9H2,1H3,(H2,15,23). The van der Waals surface area contributed by atoms with Crippen molar-refractivity contribution in [2.45, 2.75) is 68.9 Å². The number of hydrogen-bond donors (Lipinski definition) is 1. The van der Waals surface area contributed by atoms with E-state index in [2.05, 4.69) is 32.6 Å². The number of carbonyl (C=O) groups excluding carboxylic acids is 1. The number of nitrogens with zero attached hydrogens (tertiary/aromatic N) is 7. The van der Waals surface area contributed by atoms with Gasteiger partial charge in [-0.15, -0.1) is 15.3 Å². The van der Waals surface area contributed by atoms with E-state index >= 15 is 0 Å². The second-order valence-electron chi connectivity index (χ2n) is 5.94. The van der Waals surface area contributed by atoms with Gasteiger partial charge in [0.1, 0.15) is 5.82 Å². The Balaban J connectivity index is 1.68. The zero-order valence-corrected chi connectivity index (χ0v) is 14.6. The van der Waals surface area contributed by atoms with E-state index in [1.54, 1.807) is 11.8 Å². The van der Waals surface area contributed by atoms with Crippen LogP contribution in [0.3, 0.4) is 0 Å². The molecule has 1 aliphatic rings. The summed E-state index contributed by atoms with van der Waals surface area (Å²) < 4.78 is 3.86. The maximum Gasteiger partial charge on any atom is 0.219 e. The molecule has 24 heavy (non-hydrogen) atoms. The number of aromatic nitrogens is 7. The van der Waals surface area contributed by atoms with Crippen LogP contribution in [0.1, 0.15) is 56.6 Å². The van der Waals surface area contributed by atoms with Gasteiger partial charge in [-0.25, -0.2) is 4.68 Å². The summed E-state index contributed by atoms with van der Waals surface area (Å²) in [4.78, 5) is 11.1. The number of rotatable bonds is 10. The summed E-state index contributed by atoms with van der Waals surface area (Å²) >= 11 is 1.54. The molecule has 2 heterocycles. The van der Waals surface area contributed by atoms with Gasteiger partial charge < -0.3 is 10.3 Å². The van der Waals surface area contributed by atoms with Gasteiger partial charge in [0.2, 0.25) is 5.91 Å². The lowest BCUT2D eigenvalue weighted by Gasteiger charge is -2.08. The summed E-state index contributed by atoms with van der Waals surface area (Å²) in [6.07, 6.45) is 4.70. The van der Waals surface area contributed by atoms with Crippen LogP contribution in [-0.4, -0.2) is 40.9 Å². The molecule has 10 heteroatoms. The summed E-state index contributed by atoms with van der Waals surface area (Å²) in [5.41, 5.74) is 5.29.